The molecule has 0 saturated heterocycles. The Morgan fingerprint density at radius 2 is 2.06 bits per heavy atom. The van der Waals surface area contributed by atoms with Gasteiger partial charge in [0.15, 0.2) is 0 Å². The van der Waals surface area contributed by atoms with Gasteiger partial charge in [-0.3, -0.25) is 4.79 Å². The van der Waals surface area contributed by atoms with Crippen LogP contribution in [-0.2, 0) is 7.05 Å². The van der Waals surface area contributed by atoms with Gasteiger partial charge < -0.3 is 9.67 Å². The number of pyridine rings is 1. The number of carbonyl (C=O) groups is 1. The van der Waals surface area contributed by atoms with Crippen LogP contribution >= 0.6 is 11.6 Å². The first-order valence-electron chi connectivity index (χ1n) is 4.95. The van der Waals surface area contributed by atoms with Crippen molar-refractivity contribution in [3.05, 3.63) is 44.7 Å². The Morgan fingerprint density at radius 3 is 2.65 bits per heavy atom. The summed E-state index contributed by atoms with van der Waals surface area (Å²) in [5.74, 6) is -1.15. The Hall–Kier alpha value is -1.81. The number of aromatic nitrogens is 1. The molecule has 0 radical (unpaired) electrons. The summed E-state index contributed by atoms with van der Waals surface area (Å²) in [6, 6.07) is 4.49. The fourth-order valence-corrected chi connectivity index (χ4v) is 2.18. The van der Waals surface area contributed by atoms with Crippen molar-refractivity contribution in [3.63, 3.8) is 0 Å². The highest BCUT2D eigenvalue weighted by Gasteiger charge is 2.16. The van der Waals surface area contributed by atoms with Crippen LogP contribution in [-0.4, -0.2) is 15.6 Å². The lowest BCUT2D eigenvalue weighted by molar-refractivity contribution is 0.0699. The Bertz CT molecular complexity index is 688. The molecule has 0 aliphatic carbocycles. The number of carboxylic acid groups (broad SMARTS) is 1. The first kappa shape index (κ1) is 11.7. The molecule has 4 nitrogen and oxygen atoms in total. The summed E-state index contributed by atoms with van der Waals surface area (Å²) in [5.41, 5.74) is 0.951. The van der Waals surface area contributed by atoms with Gasteiger partial charge in [0.1, 0.15) is 0 Å². The maximum absolute atomic E-state index is 11.7. The highest BCUT2D eigenvalue weighted by molar-refractivity contribution is 6.36. The van der Waals surface area contributed by atoms with Crippen molar-refractivity contribution in [1.82, 2.24) is 4.57 Å². The monoisotopic (exact) mass is 251 g/mol. The molecule has 1 N–H and O–H groups in total. The summed E-state index contributed by atoms with van der Waals surface area (Å²) in [7, 11) is 1.60. The molecule has 0 fully saturated rings. The Morgan fingerprint density at radius 1 is 1.41 bits per heavy atom. The number of hydrogen-bond acceptors (Lipinski definition) is 2. The molecule has 0 aliphatic rings. The fraction of sp³-hybridized carbons (Fsp3) is 0.167. The molecular formula is C12H10ClNO3. The minimum atomic E-state index is -1.15. The number of carboxylic acids is 1. The molecule has 2 aromatic rings. The molecule has 1 aromatic heterocycles. The molecule has 0 saturated carbocycles. The maximum atomic E-state index is 11.7. The summed E-state index contributed by atoms with van der Waals surface area (Å²) < 4.78 is 1.41. The second kappa shape index (κ2) is 3.89. The third-order valence-electron chi connectivity index (χ3n) is 2.76. The molecule has 0 unspecified atom stereocenters. The molecule has 0 spiro atoms. The van der Waals surface area contributed by atoms with E-state index in [2.05, 4.69) is 0 Å². The Labute approximate surface area is 102 Å². The third kappa shape index (κ3) is 1.70. The van der Waals surface area contributed by atoms with E-state index >= 15 is 0 Å². The molecule has 0 atom stereocenters. The number of fused-ring (bicyclic) bond motifs is 1. The van der Waals surface area contributed by atoms with Crippen molar-refractivity contribution in [2.24, 2.45) is 7.05 Å². The smallest absolute Gasteiger partial charge is 0.336 e. The molecule has 0 aliphatic heterocycles. The number of aryl methyl sites for hydroxylation is 2. The second-order valence-corrected chi connectivity index (χ2v) is 4.26. The van der Waals surface area contributed by atoms with Gasteiger partial charge in [-0.05, 0) is 18.6 Å². The van der Waals surface area contributed by atoms with E-state index in [0.717, 1.165) is 11.6 Å². The third-order valence-corrected chi connectivity index (χ3v) is 3.08. The van der Waals surface area contributed by atoms with E-state index < -0.39 is 5.97 Å². The molecule has 5 heteroatoms. The van der Waals surface area contributed by atoms with Gasteiger partial charge in [-0.15, -0.1) is 0 Å². The van der Waals surface area contributed by atoms with E-state index in [1.165, 1.54) is 4.57 Å². The minimum Gasteiger partial charge on any atom is -0.478 e. The molecule has 2 rings (SSSR count). The van der Waals surface area contributed by atoms with Gasteiger partial charge >= 0.3 is 5.97 Å². The lowest BCUT2D eigenvalue weighted by Crippen LogP contribution is -2.19. The maximum Gasteiger partial charge on any atom is 0.336 e. The van der Waals surface area contributed by atoms with Crippen LogP contribution in [0.4, 0.5) is 0 Å². The molecule has 1 heterocycles. The van der Waals surface area contributed by atoms with Crippen LogP contribution in [0.1, 0.15) is 15.9 Å². The molecule has 0 bridgehead atoms. The van der Waals surface area contributed by atoms with Gasteiger partial charge in [-0.2, -0.15) is 0 Å². The quantitative estimate of drug-likeness (QED) is 0.845. The van der Waals surface area contributed by atoms with Gasteiger partial charge in [0, 0.05) is 18.5 Å². The summed E-state index contributed by atoms with van der Waals surface area (Å²) in [6.07, 6.45) is 0. The largest absolute Gasteiger partial charge is 0.478 e. The molecular weight excluding hydrogens is 242 g/mol. The van der Waals surface area contributed by atoms with Crippen LogP contribution in [0.15, 0.2) is 23.0 Å². The van der Waals surface area contributed by atoms with Crippen molar-refractivity contribution >= 4 is 28.5 Å². The summed E-state index contributed by atoms with van der Waals surface area (Å²) in [5, 5.41) is 9.84. The average Bonchev–Trinajstić information content (AvgIpc) is 2.26. The predicted molar refractivity (Wildman–Crippen MR) is 65.9 cm³/mol. The van der Waals surface area contributed by atoms with Crippen LogP contribution < -0.4 is 5.56 Å². The Balaban J connectivity index is 3.15. The number of halogens is 1. The first-order chi connectivity index (χ1) is 7.93. The lowest BCUT2D eigenvalue weighted by atomic mass is 10.1. The predicted octanol–water partition coefficient (Wildman–Crippen LogP) is 2.20. The fourth-order valence-electron chi connectivity index (χ4n) is 1.93. The highest BCUT2D eigenvalue weighted by Crippen LogP contribution is 2.27. The van der Waals surface area contributed by atoms with E-state index in [0.29, 0.717) is 15.9 Å². The van der Waals surface area contributed by atoms with Crippen LogP contribution in [0, 0.1) is 6.92 Å². The number of hydrogen-bond donors (Lipinski definition) is 1. The molecule has 0 amide bonds. The van der Waals surface area contributed by atoms with E-state index in [9.17, 15) is 9.59 Å². The van der Waals surface area contributed by atoms with Gasteiger partial charge in [-0.25, -0.2) is 4.79 Å². The SMILES string of the molecule is Cc1ccc(Cl)c2c(C(=O)O)cc(=O)n(C)c12. The normalized spacial score (nSPS) is 10.8. The number of aromatic carboxylic acids is 1. The van der Waals surface area contributed by atoms with Gasteiger partial charge in [-0.1, -0.05) is 17.7 Å². The van der Waals surface area contributed by atoms with Gasteiger partial charge in [0.05, 0.1) is 16.1 Å². The Kier molecular flexibility index (Phi) is 2.67. The standard InChI is InChI=1S/C12H10ClNO3/c1-6-3-4-8(13)10-7(12(16)17)5-9(15)14(2)11(6)10/h3-5H,1-2H3,(H,16,17). The van der Waals surface area contributed by atoms with E-state index in [-0.39, 0.29) is 11.1 Å². The molecule has 88 valence electrons. The van der Waals surface area contributed by atoms with Gasteiger partial charge in [0.2, 0.25) is 0 Å². The van der Waals surface area contributed by atoms with Crippen LogP contribution in [0.25, 0.3) is 10.9 Å². The van der Waals surface area contributed by atoms with Crippen LogP contribution in [0.5, 0.6) is 0 Å². The lowest BCUT2D eigenvalue weighted by Gasteiger charge is -2.11. The van der Waals surface area contributed by atoms with Crippen molar-refractivity contribution in [3.8, 4) is 0 Å². The van der Waals surface area contributed by atoms with Crippen molar-refractivity contribution in [2.45, 2.75) is 6.92 Å². The topological polar surface area (TPSA) is 59.3 Å². The summed E-state index contributed by atoms with van der Waals surface area (Å²) in [6.45, 7) is 1.81. The summed E-state index contributed by atoms with van der Waals surface area (Å²) in [4.78, 5) is 22.8. The minimum absolute atomic E-state index is 0.0585. The number of nitrogens with zero attached hydrogens (tertiary/aromatic N) is 1. The molecule has 17 heavy (non-hydrogen) atoms. The summed E-state index contributed by atoms with van der Waals surface area (Å²) >= 11 is 6.02. The average molecular weight is 252 g/mol. The highest BCUT2D eigenvalue weighted by atomic mass is 35.5. The van der Waals surface area contributed by atoms with Crippen LogP contribution in [0.3, 0.4) is 0 Å². The second-order valence-electron chi connectivity index (χ2n) is 3.85. The van der Waals surface area contributed by atoms with Crippen molar-refractivity contribution in [2.75, 3.05) is 0 Å². The van der Waals surface area contributed by atoms with E-state index in [1.807, 2.05) is 6.92 Å². The zero-order valence-corrected chi connectivity index (χ0v) is 10.1. The molecule has 1 aromatic carbocycles. The number of rotatable bonds is 1. The van der Waals surface area contributed by atoms with E-state index in [1.54, 1.807) is 19.2 Å². The zero-order valence-electron chi connectivity index (χ0n) is 9.32. The van der Waals surface area contributed by atoms with E-state index in [4.69, 9.17) is 16.7 Å². The van der Waals surface area contributed by atoms with Crippen molar-refractivity contribution < 1.29 is 9.90 Å². The van der Waals surface area contributed by atoms with Crippen LogP contribution in [0.2, 0.25) is 5.02 Å². The number of benzene rings is 1. The first-order valence-corrected chi connectivity index (χ1v) is 5.33. The zero-order chi connectivity index (χ0) is 12.7. The van der Waals surface area contributed by atoms with Gasteiger partial charge in [0.25, 0.3) is 5.56 Å². The van der Waals surface area contributed by atoms with Crippen molar-refractivity contribution in [1.29, 1.82) is 0 Å².